The first-order valence-corrected chi connectivity index (χ1v) is 6.67. The smallest absolute Gasteiger partial charge is 0.290 e. The Balaban J connectivity index is 1.82. The lowest BCUT2D eigenvalue weighted by molar-refractivity contribution is 0.0695. The molecule has 5 nitrogen and oxygen atoms in total. The number of imidazole rings is 1. The largest absolute Gasteiger partial charge is 0.459 e. The van der Waals surface area contributed by atoms with Crippen LogP contribution in [-0.2, 0) is 13.1 Å². The molecule has 0 unspecified atom stereocenters. The SMILES string of the molecule is O=C(c1ccco1)N(Cc1ccccc1)Cc1cnc[nH]1. The summed E-state index contributed by atoms with van der Waals surface area (Å²) >= 11 is 0. The Morgan fingerprint density at radius 2 is 2.00 bits per heavy atom. The van der Waals surface area contributed by atoms with Crippen LogP contribution in [0.15, 0.2) is 65.7 Å². The molecule has 0 radical (unpaired) electrons. The first kappa shape index (κ1) is 13.2. The predicted molar refractivity (Wildman–Crippen MR) is 77.3 cm³/mol. The van der Waals surface area contributed by atoms with Crippen molar-refractivity contribution in [3.63, 3.8) is 0 Å². The number of aromatic nitrogens is 2. The fourth-order valence-electron chi connectivity index (χ4n) is 2.14. The van der Waals surface area contributed by atoms with Crippen molar-refractivity contribution in [1.82, 2.24) is 14.9 Å². The Labute approximate surface area is 122 Å². The van der Waals surface area contributed by atoms with Crippen molar-refractivity contribution in [3.8, 4) is 0 Å². The van der Waals surface area contributed by atoms with Gasteiger partial charge in [-0.1, -0.05) is 30.3 Å². The number of amides is 1. The summed E-state index contributed by atoms with van der Waals surface area (Å²) in [6.45, 7) is 0.966. The first-order valence-electron chi connectivity index (χ1n) is 6.67. The summed E-state index contributed by atoms with van der Waals surface area (Å²) < 4.78 is 5.22. The molecule has 0 aliphatic heterocycles. The quantitative estimate of drug-likeness (QED) is 0.782. The van der Waals surface area contributed by atoms with Crippen molar-refractivity contribution in [3.05, 3.63) is 78.3 Å². The molecule has 0 fully saturated rings. The molecule has 0 atom stereocenters. The lowest BCUT2D eigenvalue weighted by atomic mass is 10.2. The van der Waals surface area contributed by atoms with E-state index in [9.17, 15) is 4.79 Å². The minimum Gasteiger partial charge on any atom is -0.459 e. The topological polar surface area (TPSA) is 62.1 Å². The predicted octanol–water partition coefficient (Wildman–Crippen LogP) is 2.85. The standard InChI is InChI=1S/C16H15N3O2/c20-16(15-7-4-8-21-15)19(11-14-9-17-12-18-14)10-13-5-2-1-3-6-13/h1-9,12H,10-11H2,(H,17,18). The number of nitrogens with one attached hydrogen (secondary N) is 1. The maximum atomic E-state index is 12.5. The van der Waals surface area contributed by atoms with Gasteiger partial charge in [0, 0.05) is 12.7 Å². The average molecular weight is 281 g/mol. The minimum atomic E-state index is -0.140. The van der Waals surface area contributed by atoms with Gasteiger partial charge in [0.25, 0.3) is 5.91 Å². The van der Waals surface area contributed by atoms with Gasteiger partial charge in [-0.15, -0.1) is 0 Å². The van der Waals surface area contributed by atoms with Gasteiger partial charge in [-0.3, -0.25) is 4.79 Å². The molecule has 0 saturated carbocycles. The fourth-order valence-corrected chi connectivity index (χ4v) is 2.14. The number of nitrogens with zero attached hydrogens (tertiary/aromatic N) is 2. The Bertz CT molecular complexity index is 676. The van der Waals surface area contributed by atoms with E-state index in [0.717, 1.165) is 11.3 Å². The molecule has 106 valence electrons. The van der Waals surface area contributed by atoms with Crippen LogP contribution in [0.5, 0.6) is 0 Å². The normalized spacial score (nSPS) is 10.5. The highest BCUT2D eigenvalue weighted by Crippen LogP contribution is 2.13. The third-order valence-corrected chi connectivity index (χ3v) is 3.15. The Hall–Kier alpha value is -2.82. The molecule has 0 aliphatic carbocycles. The van der Waals surface area contributed by atoms with Crippen LogP contribution in [0, 0.1) is 0 Å². The zero-order valence-electron chi connectivity index (χ0n) is 11.4. The fraction of sp³-hybridized carbons (Fsp3) is 0.125. The lowest BCUT2D eigenvalue weighted by Gasteiger charge is -2.21. The van der Waals surface area contributed by atoms with Crippen molar-refractivity contribution in [1.29, 1.82) is 0 Å². The van der Waals surface area contributed by atoms with Gasteiger partial charge in [0.05, 0.1) is 24.8 Å². The molecule has 0 spiro atoms. The first-order chi connectivity index (χ1) is 10.3. The van der Waals surface area contributed by atoms with Gasteiger partial charge < -0.3 is 14.3 Å². The van der Waals surface area contributed by atoms with Gasteiger partial charge in [-0.2, -0.15) is 0 Å². The van der Waals surface area contributed by atoms with Crippen molar-refractivity contribution >= 4 is 5.91 Å². The number of benzene rings is 1. The number of carbonyl (C=O) groups excluding carboxylic acids is 1. The number of carbonyl (C=O) groups is 1. The second-order valence-electron chi connectivity index (χ2n) is 4.70. The highest BCUT2D eigenvalue weighted by Gasteiger charge is 2.19. The summed E-state index contributed by atoms with van der Waals surface area (Å²) in [5.41, 5.74) is 1.95. The molecule has 2 aromatic heterocycles. The van der Waals surface area contributed by atoms with Crippen molar-refractivity contribution in [2.24, 2.45) is 0 Å². The number of aromatic amines is 1. The number of furan rings is 1. The maximum absolute atomic E-state index is 12.5. The van der Waals surface area contributed by atoms with Gasteiger partial charge in [0.1, 0.15) is 0 Å². The molecule has 2 heterocycles. The van der Waals surface area contributed by atoms with Crippen molar-refractivity contribution in [2.45, 2.75) is 13.1 Å². The van der Waals surface area contributed by atoms with Crippen LogP contribution in [0.1, 0.15) is 21.8 Å². The maximum Gasteiger partial charge on any atom is 0.290 e. The Morgan fingerprint density at radius 1 is 1.14 bits per heavy atom. The van der Waals surface area contributed by atoms with Crippen LogP contribution in [0.2, 0.25) is 0 Å². The third kappa shape index (κ3) is 3.20. The second-order valence-corrected chi connectivity index (χ2v) is 4.70. The van der Waals surface area contributed by atoms with E-state index in [0.29, 0.717) is 18.8 Å². The molecule has 1 N–H and O–H groups in total. The van der Waals surface area contributed by atoms with Crippen LogP contribution < -0.4 is 0 Å². The number of H-pyrrole nitrogens is 1. The lowest BCUT2D eigenvalue weighted by Crippen LogP contribution is -2.30. The number of rotatable bonds is 5. The zero-order chi connectivity index (χ0) is 14.5. The van der Waals surface area contributed by atoms with E-state index >= 15 is 0 Å². The summed E-state index contributed by atoms with van der Waals surface area (Å²) in [4.78, 5) is 21.3. The van der Waals surface area contributed by atoms with Gasteiger partial charge in [0.15, 0.2) is 5.76 Å². The van der Waals surface area contributed by atoms with Gasteiger partial charge in [-0.25, -0.2) is 4.98 Å². The van der Waals surface area contributed by atoms with Gasteiger partial charge in [0.2, 0.25) is 0 Å². The molecular weight excluding hydrogens is 266 g/mol. The highest BCUT2D eigenvalue weighted by molar-refractivity contribution is 5.91. The van der Waals surface area contributed by atoms with Gasteiger partial charge in [-0.05, 0) is 17.7 Å². The van der Waals surface area contributed by atoms with E-state index in [-0.39, 0.29) is 5.91 Å². The van der Waals surface area contributed by atoms with E-state index in [4.69, 9.17) is 4.42 Å². The molecule has 5 heteroatoms. The molecule has 1 aromatic carbocycles. The molecule has 3 rings (SSSR count). The van der Waals surface area contributed by atoms with E-state index in [2.05, 4.69) is 9.97 Å². The third-order valence-electron chi connectivity index (χ3n) is 3.15. The molecule has 0 saturated heterocycles. The summed E-state index contributed by atoms with van der Waals surface area (Å²) in [5.74, 6) is 0.198. The molecule has 0 bridgehead atoms. The molecule has 0 aliphatic rings. The number of hydrogen-bond acceptors (Lipinski definition) is 3. The molecule has 21 heavy (non-hydrogen) atoms. The summed E-state index contributed by atoms with van der Waals surface area (Å²) in [5, 5.41) is 0. The van der Waals surface area contributed by atoms with E-state index in [1.807, 2.05) is 30.3 Å². The second kappa shape index (κ2) is 6.09. The molecule has 3 aromatic rings. The summed E-state index contributed by atoms with van der Waals surface area (Å²) in [6.07, 6.45) is 4.82. The highest BCUT2D eigenvalue weighted by atomic mass is 16.3. The summed E-state index contributed by atoms with van der Waals surface area (Å²) in [7, 11) is 0. The molecule has 1 amide bonds. The minimum absolute atomic E-state index is 0.140. The van der Waals surface area contributed by atoms with Crippen LogP contribution in [0.4, 0.5) is 0 Å². The Morgan fingerprint density at radius 3 is 2.67 bits per heavy atom. The molecular formula is C16H15N3O2. The van der Waals surface area contributed by atoms with Crippen LogP contribution >= 0.6 is 0 Å². The Kier molecular flexibility index (Phi) is 3.82. The van der Waals surface area contributed by atoms with Crippen LogP contribution in [0.25, 0.3) is 0 Å². The van der Waals surface area contributed by atoms with Gasteiger partial charge >= 0.3 is 0 Å². The average Bonchev–Trinajstić information content (AvgIpc) is 3.20. The van der Waals surface area contributed by atoms with Crippen LogP contribution in [-0.4, -0.2) is 20.8 Å². The monoisotopic (exact) mass is 281 g/mol. The van der Waals surface area contributed by atoms with Crippen molar-refractivity contribution in [2.75, 3.05) is 0 Å². The zero-order valence-corrected chi connectivity index (χ0v) is 11.4. The van der Waals surface area contributed by atoms with Crippen LogP contribution in [0.3, 0.4) is 0 Å². The van der Waals surface area contributed by atoms with E-state index in [1.165, 1.54) is 6.26 Å². The van der Waals surface area contributed by atoms with Crippen molar-refractivity contribution < 1.29 is 9.21 Å². The van der Waals surface area contributed by atoms with E-state index in [1.54, 1.807) is 29.6 Å². The van der Waals surface area contributed by atoms with E-state index < -0.39 is 0 Å². The summed E-state index contributed by atoms with van der Waals surface area (Å²) in [6, 6.07) is 13.3. The number of hydrogen-bond donors (Lipinski definition) is 1.